The molecule has 0 saturated heterocycles. The van der Waals surface area contributed by atoms with E-state index in [0.29, 0.717) is 17.3 Å². The van der Waals surface area contributed by atoms with Crippen LogP contribution in [0.15, 0.2) is 42.5 Å². The standard InChI is InChI=1S/C16H15ClFN3/c1-2-21-15-6-4-3-5-14(15)20-16(21)10-19-13-8-7-11(18)9-12(13)17/h3-9,19H,2,10H2,1H3. The van der Waals surface area contributed by atoms with E-state index in [9.17, 15) is 4.39 Å². The monoisotopic (exact) mass is 303 g/mol. The topological polar surface area (TPSA) is 29.9 Å². The molecule has 0 spiro atoms. The van der Waals surface area contributed by atoms with Crippen molar-refractivity contribution in [3.8, 4) is 0 Å². The molecule has 0 aliphatic carbocycles. The van der Waals surface area contributed by atoms with E-state index in [1.165, 1.54) is 12.1 Å². The maximum Gasteiger partial charge on any atom is 0.129 e. The Bertz CT molecular complexity index is 782. The van der Waals surface area contributed by atoms with Gasteiger partial charge in [0, 0.05) is 6.54 Å². The molecule has 3 nitrogen and oxygen atoms in total. The van der Waals surface area contributed by atoms with Gasteiger partial charge < -0.3 is 9.88 Å². The van der Waals surface area contributed by atoms with Gasteiger partial charge in [-0.3, -0.25) is 0 Å². The average Bonchev–Trinajstić information content (AvgIpc) is 2.83. The first kappa shape index (κ1) is 13.9. The zero-order chi connectivity index (χ0) is 14.8. The maximum absolute atomic E-state index is 13.0. The molecule has 3 aromatic rings. The third-order valence-electron chi connectivity index (χ3n) is 3.42. The van der Waals surface area contributed by atoms with Crippen LogP contribution in [0, 0.1) is 5.82 Å². The van der Waals surface area contributed by atoms with E-state index in [2.05, 4.69) is 27.9 Å². The van der Waals surface area contributed by atoms with Crippen LogP contribution in [0.2, 0.25) is 5.02 Å². The van der Waals surface area contributed by atoms with E-state index < -0.39 is 0 Å². The number of benzene rings is 2. The number of halogens is 2. The number of nitrogens with one attached hydrogen (secondary N) is 1. The van der Waals surface area contributed by atoms with Gasteiger partial charge >= 0.3 is 0 Å². The number of imidazole rings is 1. The maximum atomic E-state index is 13.0. The summed E-state index contributed by atoms with van der Waals surface area (Å²) < 4.78 is 15.2. The number of hydrogen-bond acceptors (Lipinski definition) is 2. The second-order valence-corrected chi connectivity index (χ2v) is 5.15. The van der Waals surface area contributed by atoms with Crippen molar-refractivity contribution < 1.29 is 4.39 Å². The summed E-state index contributed by atoms with van der Waals surface area (Å²) in [6, 6.07) is 12.4. The van der Waals surface area contributed by atoms with E-state index in [0.717, 1.165) is 23.4 Å². The minimum atomic E-state index is -0.341. The lowest BCUT2D eigenvalue weighted by Gasteiger charge is -2.10. The molecule has 108 valence electrons. The fourth-order valence-corrected chi connectivity index (χ4v) is 2.65. The molecule has 0 atom stereocenters. The van der Waals surface area contributed by atoms with E-state index in [1.54, 1.807) is 6.07 Å². The van der Waals surface area contributed by atoms with Gasteiger partial charge in [0.15, 0.2) is 0 Å². The molecule has 3 rings (SSSR count). The number of para-hydroxylation sites is 2. The molecule has 21 heavy (non-hydrogen) atoms. The highest BCUT2D eigenvalue weighted by Crippen LogP contribution is 2.23. The van der Waals surface area contributed by atoms with Gasteiger partial charge in [0.25, 0.3) is 0 Å². The summed E-state index contributed by atoms with van der Waals surface area (Å²) in [7, 11) is 0. The molecule has 1 heterocycles. The molecule has 0 saturated carbocycles. The summed E-state index contributed by atoms with van der Waals surface area (Å²) in [6.07, 6.45) is 0. The minimum Gasteiger partial charge on any atom is -0.377 e. The molecule has 0 amide bonds. The van der Waals surface area contributed by atoms with E-state index >= 15 is 0 Å². The molecule has 0 aliphatic heterocycles. The summed E-state index contributed by atoms with van der Waals surface area (Å²) in [4.78, 5) is 4.63. The molecule has 0 fully saturated rings. The van der Waals surface area contributed by atoms with Gasteiger partial charge in [-0.25, -0.2) is 9.37 Å². The normalized spacial score (nSPS) is 11.0. The lowest BCUT2D eigenvalue weighted by Crippen LogP contribution is -2.08. The second kappa shape index (κ2) is 5.74. The molecule has 0 aliphatic rings. The molecule has 1 N–H and O–H groups in total. The third-order valence-corrected chi connectivity index (χ3v) is 3.73. The van der Waals surface area contributed by atoms with Crippen molar-refractivity contribution in [1.29, 1.82) is 0 Å². The van der Waals surface area contributed by atoms with Crippen LogP contribution >= 0.6 is 11.6 Å². The molecule has 0 bridgehead atoms. The summed E-state index contributed by atoms with van der Waals surface area (Å²) in [6.45, 7) is 3.46. The van der Waals surface area contributed by atoms with Crippen LogP contribution in [0.25, 0.3) is 11.0 Å². The van der Waals surface area contributed by atoms with Crippen molar-refractivity contribution in [3.63, 3.8) is 0 Å². The van der Waals surface area contributed by atoms with Gasteiger partial charge in [0.05, 0.1) is 28.3 Å². The summed E-state index contributed by atoms with van der Waals surface area (Å²) in [5.74, 6) is 0.588. The van der Waals surface area contributed by atoms with Crippen LogP contribution in [0.3, 0.4) is 0 Å². The number of fused-ring (bicyclic) bond motifs is 1. The van der Waals surface area contributed by atoms with Crippen LogP contribution < -0.4 is 5.32 Å². The van der Waals surface area contributed by atoms with Crippen LogP contribution in [0.1, 0.15) is 12.7 Å². The third kappa shape index (κ3) is 2.72. The fraction of sp³-hybridized carbons (Fsp3) is 0.188. The lowest BCUT2D eigenvalue weighted by molar-refractivity contribution is 0.628. The Morgan fingerprint density at radius 3 is 2.81 bits per heavy atom. The molecule has 5 heteroatoms. The van der Waals surface area contributed by atoms with Crippen molar-refractivity contribution in [3.05, 3.63) is 59.1 Å². The predicted molar refractivity (Wildman–Crippen MR) is 84.1 cm³/mol. The van der Waals surface area contributed by atoms with Gasteiger partial charge in [-0.1, -0.05) is 23.7 Å². The quantitative estimate of drug-likeness (QED) is 0.771. The van der Waals surface area contributed by atoms with Crippen molar-refractivity contribution in [1.82, 2.24) is 9.55 Å². The highest BCUT2D eigenvalue weighted by atomic mass is 35.5. The first-order valence-electron chi connectivity index (χ1n) is 6.82. The van der Waals surface area contributed by atoms with Crippen molar-refractivity contribution in [2.45, 2.75) is 20.0 Å². The number of aromatic nitrogens is 2. The highest BCUT2D eigenvalue weighted by molar-refractivity contribution is 6.33. The predicted octanol–water partition coefficient (Wildman–Crippen LogP) is 4.46. The fourth-order valence-electron chi connectivity index (χ4n) is 2.42. The summed E-state index contributed by atoms with van der Waals surface area (Å²) in [5, 5.41) is 3.58. The Morgan fingerprint density at radius 1 is 1.24 bits per heavy atom. The number of hydrogen-bond donors (Lipinski definition) is 1. The first-order chi connectivity index (χ1) is 10.2. The Kier molecular flexibility index (Phi) is 3.80. The van der Waals surface area contributed by atoms with Crippen molar-refractivity contribution in [2.24, 2.45) is 0 Å². The lowest BCUT2D eigenvalue weighted by atomic mass is 10.3. The largest absolute Gasteiger partial charge is 0.377 e. The van der Waals surface area contributed by atoms with Gasteiger partial charge in [-0.05, 0) is 37.3 Å². The Labute approximate surface area is 127 Å². The Balaban J connectivity index is 1.88. The number of aryl methyl sites for hydroxylation is 1. The molecule has 1 aromatic heterocycles. The molecular weight excluding hydrogens is 289 g/mol. The van der Waals surface area contributed by atoms with Crippen molar-refractivity contribution in [2.75, 3.05) is 5.32 Å². The second-order valence-electron chi connectivity index (χ2n) is 4.74. The van der Waals surface area contributed by atoms with Crippen LogP contribution in [-0.4, -0.2) is 9.55 Å². The van der Waals surface area contributed by atoms with E-state index in [1.807, 2.05) is 18.2 Å². The first-order valence-corrected chi connectivity index (χ1v) is 7.20. The molecule has 0 radical (unpaired) electrons. The van der Waals surface area contributed by atoms with Gasteiger partial charge in [-0.15, -0.1) is 0 Å². The van der Waals surface area contributed by atoms with E-state index in [4.69, 9.17) is 11.6 Å². The average molecular weight is 304 g/mol. The SMILES string of the molecule is CCn1c(CNc2ccc(F)cc2Cl)nc2ccccc21. The number of rotatable bonds is 4. The minimum absolute atomic E-state index is 0.341. The molecule has 0 unspecified atom stereocenters. The van der Waals surface area contributed by atoms with Crippen LogP contribution in [-0.2, 0) is 13.1 Å². The Hall–Kier alpha value is -2.07. The molecule has 2 aromatic carbocycles. The van der Waals surface area contributed by atoms with Gasteiger partial charge in [-0.2, -0.15) is 0 Å². The number of nitrogens with zero attached hydrogens (tertiary/aromatic N) is 2. The molecular formula is C16H15ClFN3. The zero-order valence-electron chi connectivity index (χ0n) is 11.6. The smallest absolute Gasteiger partial charge is 0.129 e. The number of anilines is 1. The van der Waals surface area contributed by atoms with Crippen LogP contribution in [0.5, 0.6) is 0 Å². The zero-order valence-corrected chi connectivity index (χ0v) is 12.4. The summed E-state index contributed by atoms with van der Waals surface area (Å²) >= 11 is 6.02. The van der Waals surface area contributed by atoms with Crippen molar-refractivity contribution >= 4 is 28.3 Å². The summed E-state index contributed by atoms with van der Waals surface area (Å²) in [5.41, 5.74) is 2.79. The van der Waals surface area contributed by atoms with Gasteiger partial charge in [0.2, 0.25) is 0 Å². The van der Waals surface area contributed by atoms with Gasteiger partial charge in [0.1, 0.15) is 11.6 Å². The van der Waals surface area contributed by atoms with Crippen LogP contribution in [0.4, 0.5) is 10.1 Å². The highest BCUT2D eigenvalue weighted by Gasteiger charge is 2.09. The van der Waals surface area contributed by atoms with E-state index in [-0.39, 0.29) is 5.82 Å². The Morgan fingerprint density at radius 2 is 2.05 bits per heavy atom.